The first kappa shape index (κ1) is 23.4. The van der Waals surface area contributed by atoms with E-state index < -0.39 is 0 Å². The Morgan fingerprint density at radius 3 is 2.46 bits per heavy atom. The van der Waals surface area contributed by atoms with Crippen LogP contribution in [0.15, 0.2) is 9.41 Å². The Balaban J connectivity index is 0.00000280. The van der Waals surface area contributed by atoms with Crippen LogP contribution in [0.3, 0.4) is 0 Å². The van der Waals surface area contributed by atoms with E-state index >= 15 is 0 Å². The molecule has 0 aromatic carbocycles. The van der Waals surface area contributed by atoms with E-state index in [0.717, 1.165) is 56.0 Å². The number of oxazole rings is 1. The number of rotatable bonds is 7. The van der Waals surface area contributed by atoms with Gasteiger partial charge in [-0.05, 0) is 70.4 Å². The molecule has 28 heavy (non-hydrogen) atoms. The van der Waals surface area contributed by atoms with Gasteiger partial charge in [-0.3, -0.25) is 9.89 Å². The number of piperidine rings is 1. The van der Waals surface area contributed by atoms with Crippen molar-refractivity contribution in [3.8, 4) is 0 Å². The second-order valence-corrected chi connectivity index (χ2v) is 8.48. The Kier molecular flexibility index (Phi) is 9.05. The summed E-state index contributed by atoms with van der Waals surface area (Å²) in [5, 5.41) is 7.11. The zero-order valence-electron chi connectivity index (χ0n) is 18.0. The topological polar surface area (TPSA) is 65.7 Å². The van der Waals surface area contributed by atoms with Crippen LogP contribution in [0.5, 0.6) is 0 Å². The van der Waals surface area contributed by atoms with Gasteiger partial charge in [0.1, 0.15) is 5.76 Å². The van der Waals surface area contributed by atoms with Crippen LogP contribution in [-0.4, -0.2) is 49.1 Å². The molecule has 0 spiro atoms. The highest BCUT2D eigenvalue weighted by molar-refractivity contribution is 14.0. The van der Waals surface area contributed by atoms with Crippen LogP contribution in [0.4, 0.5) is 0 Å². The van der Waals surface area contributed by atoms with E-state index in [1.165, 1.54) is 38.5 Å². The van der Waals surface area contributed by atoms with Gasteiger partial charge in [0.15, 0.2) is 5.96 Å². The molecule has 2 aliphatic rings. The molecule has 1 saturated carbocycles. The van der Waals surface area contributed by atoms with Crippen LogP contribution in [0.1, 0.15) is 62.8 Å². The third kappa shape index (κ3) is 6.08. The standard InChI is InChI=1S/C21H37N5O.HI/c1-5-21(9-6-10-21)15-24-20(22-4)23-13-18-7-11-26(12-8-18)14-19-25-16(2)17(3)27-19;/h18H,5-15H2,1-4H3,(H2,22,23,24);1H. The summed E-state index contributed by atoms with van der Waals surface area (Å²) in [4.78, 5) is 11.4. The van der Waals surface area contributed by atoms with Gasteiger partial charge in [-0.25, -0.2) is 4.98 Å². The lowest BCUT2D eigenvalue weighted by atomic mass is 9.67. The number of hydrogen-bond acceptors (Lipinski definition) is 4. The van der Waals surface area contributed by atoms with Crippen molar-refractivity contribution in [3.05, 3.63) is 17.3 Å². The van der Waals surface area contributed by atoms with Crippen molar-refractivity contribution in [1.82, 2.24) is 20.5 Å². The van der Waals surface area contributed by atoms with Gasteiger partial charge in [0.2, 0.25) is 5.89 Å². The minimum atomic E-state index is 0. The second-order valence-electron chi connectivity index (χ2n) is 8.48. The van der Waals surface area contributed by atoms with Gasteiger partial charge in [0.05, 0.1) is 12.2 Å². The van der Waals surface area contributed by atoms with Crippen molar-refractivity contribution in [1.29, 1.82) is 0 Å². The fraction of sp³-hybridized carbons (Fsp3) is 0.810. The normalized spacial score (nSPS) is 20.4. The van der Waals surface area contributed by atoms with Crippen LogP contribution in [0.2, 0.25) is 0 Å². The van der Waals surface area contributed by atoms with E-state index in [9.17, 15) is 0 Å². The number of likely N-dealkylation sites (tertiary alicyclic amines) is 1. The summed E-state index contributed by atoms with van der Waals surface area (Å²) in [6.07, 6.45) is 7.78. The number of hydrogen-bond donors (Lipinski definition) is 2. The molecule has 0 atom stereocenters. The van der Waals surface area contributed by atoms with Gasteiger partial charge in [0.25, 0.3) is 0 Å². The minimum absolute atomic E-state index is 0. The first-order valence-electron chi connectivity index (χ1n) is 10.6. The van der Waals surface area contributed by atoms with Crippen LogP contribution < -0.4 is 10.6 Å². The Hall–Kier alpha value is -0.830. The van der Waals surface area contributed by atoms with E-state index in [2.05, 4.69) is 32.4 Å². The Morgan fingerprint density at radius 1 is 1.25 bits per heavy atom. The largest absolute Gasteiger partial charge is 0.444 e. The van der Waals surface area contributed by atoms with Crippen LogP contribution >= 0.6 is 24.0 Å². The maximum Gasteiger partial charge on any atom is 0.208 e. The summed E-state index contributed by atoms with van der Waals surface area (Å²) in [5.41, 5.74) is 1.52. The van der Waals surface area contributed by atoms with E-state index in [-0.39, 0.29) is 24.0 Å². The highest BCUT2D eigenvalue weighted by atomic mass is 127. The number of halogens is 1. The lowest BCUT2D eigenvalue weighted by Gasteiger charge is -2.41. The highest BCUT2D eigenvalue weighted by Gasteiger charge is 2.35. The van der Waals surface area contributed by atoms with Crippen molar-refractivity contribution in [3.63, 3.8) is 0 Å². The second kappa shape index (κ2) is 10.8. The van der Waals surface area contributed by atoms with Gasteiger partial charge in [-0.1, -0.05) is 13.3 Å². The Labute approximate surface area is 187 Å². The van der Waals surface area contributed by atoms with Gasteiger partial charge >= 0.3 is 0 Å². The maximum absolute atomic E-state index is 5.73. The Morgan fingerprint density at radius 2 is 1.96 bits per heavy atom. The van der Waals surface area contributed by atoms with Gasteiger partial charge in [-0.2, -0.15) is 0 Å². The van der Waals surface area contributed by atoms with E-state index in [1.54, 1.807) is 0 Å². The monoisotopic (exact) mass is 503 g/mol. The molecule has 2 heterocycles. The molecule has 1 aromatic rings. The third-order valence-electron chi connectivity index (χ3n) is 6.72. The average Bonchev–Trinajstić information content (AvgIpc) is 2.95. The van der Waals surface area contributed by atoms with Crippen molar-refractivity contribution in [2.24, 2.45) is 16.3 Å². The zero-order valence-corrected chi connectivity index (χ0v) is 20.3. The minimum Gasteiger partial charge on any atom is -0.444 e. The molecule has 1 aliphatic carbocycles. The first-order chi connectivity index (χ1) is 13.0. The fourth-order valence-electron chi connectivity index (χ4n) is 4.21. The molecule has 7 heteroatoms. The van der Waals surface area contributed by atoms with E-state index in [4.69, 9.17) is 4.42 Å². The van der Waals surface area contributed by atoms with Crippen molar-refractivity contribution in [2.45, 2.75) is 65.8 Å². The predicted molar refractivity (Wildman–Crippen MR) is 125 cm³/mol. The molecule has 0 bridgehead atoms. The summed E-state index contributed by atoms with van der Waals surface area (Å²) < 4.78 is 5.73. The molecule has 2 fully saturated rings. The lowest BCUT2D eigenvalue weighted by molar-refractivity contribution is 0.131. The maximum atomic E-state index is 5.73. The number of nitrogens with zero attached hydrogens (tertiary/aromatic N) is 3. The first-order valence-corrected chi connectivity index (χ1v) is 10.6. The molecule has 3 rings (SSSR count). The molecular formula is C21H38IN5O. The van der Waals surface area contributed by atoms with Gasteiger partial charge in [-0.15, -0.1) is 24.0 Å². The SMILES string of the molecule is CCC1(CNC(=NC)NCC2CCN(Cc3nc(C)c(C)o3)CC2)CCC1.I. The van der Waals surface area contributed by atoms with E-state index in [1.807, 2.05) is 20.9 Å². The molecule has 0 amide bonds. The van der Waals surface area contributed by atoms with Crippen LogP contribution in [0.25, 0.3) is 0 Å². The molecule has 6 nitrogen and oxygen atoms in total. The lowest BCUT2D eigenvalue weighted by Crippen LogP contribution is -2.47. The molecule has 1 saturated heterocycles. The molecule has 2 N–H and O–H groups in total. The third-order valence-corrected chi connectivity index (χ3v) is 6.72. The summed E-state index contributed by atoms with van der Waals surface area (Å²) in [7, 11) is 1.87. The quantitative estimate of drug-likeness (QED) is 0.336. The fourth-order valence-corrected chi connectivity index (χ4v) is 4.21. The molecule has 0 radical (unpaired) electrons. The number of aryl methyl sites for hydroxylation is 2. The number of nitrogens with one attached hydrogen (secondary N) is 2. The summed E-state index contributed by atoms with van der Waals surface area (Å²) in [6.45, 7) is 11.4. The van der Waals surface area contributed by atoms with Crippen LogP contribution in [-0.2, 0) is 6.54 Å². The smallest absolute Gasteiger partial charge is 0.208 e. The number of aliphatic imine (C=N–C) groups is 1. The van der Waals surface area contributed by atoms with Crippen molar-refractivity contribution >= 4 is 29.9 Å². The summed E-state index contributed by atoms with van der Waals surface area (Å²) in [6, 6.07) is 0. The molecule has 0 unspecified atom stereocenters. The Bertz CT molecular complexity index is 608. The van der Waals surface area contributed by atoms with Crippen LogP contribution in [0, 0.1) is 25.2 Å². The van der Waals surface area contributed by atoms with Gasteiger partial charge in [0, 0.05) is 20.1 Å². The summed E-state index contributed by atoms with van der Waals surface area (Å²) in [5.74, 6) is 3.46. The molecule has 160 valence electrons. The predicted octanol–water partition coefficient (Wildman–Crippen LogP) is 3.87. The number of guanidine groups is 1. The zero-order chi connectivity index (χ0) is 19.3. The number of aromatic nitrogens is 1. The van der Waals surface area contributed by atoms with Gasteiger partial charge < -0.3 is 15.1 Å². The average molecular weight is 503 g/mol. The van der Waals surface area contributed by atoms with E-state index in [0.29, 0.717) is 11.3 Å². The van der Waals surface area contributed by atoms with Crippen molar-refractivity contribution in [2.75, 3.05) is 33.2 Å². The molecular weight excluding hydrogens is 465 g/mol. The molecule has 1 aromatic heterocycles. The molecule has 1 aliphatic heterocycles. The summed E-state index contributed by atoms with van der Waals surface area (Å²) >= 11 is 0. The highest BCUT2D eigenvalue weighted by Crippen LogP contribution is 2.42. The van der Waals surface area contributed by atoms with Crippen molar-refractivity contribution < 1.29 is 4.42 Å².